The lowest BCUT2D eigenvalue weighted by Gasteiger charge is -2.15. The van der Waals surface area contributed by atoms with Crippen LogP contribution in [0.5, 0.6) is 0 Å². The molecule has 0 radical (unpaired) electrons. The number of ether oxygens (including phenoxy) is 2. The summed E-state index contributed by atoms with van der Waals surface area (Å²) < 4.78 is 11.1. The number of esters is 1. The van der Waals surface area contributed by atoms with Crippen LogP contribution in [0.2, 0.25) is 0 Å². The zero-order valence-electron chi connectivity index (χ0n) is 31.0. The minimum absolute atomic E-state index is 0.186. The van der Waals surface area contributed by atoms with Gasteiger partial charge in [-0.1, -0.05) is 177 Å². The van der Waals surface area contributed by atoms with Gasteiger partial charge in [-0.2, -0.15) is 0 Å². The summed E-state index contributed by atoms with van der Waals surface area (Å²) in [6.07, 6.45) is 52.7. The highest BCUT2D eigenvalue weighted by Crippen LogP contribution is 2.14. The summed E-state index contributed by atoms with van der Waals surface area (Å²) in [4.78, 5) is 12.2. The Hall–Kier alpha value is -1.91. The molecule has 1 N–H and O–H groups in total. The summed E-state index contributed by atoms with van der Waals surface area (Å²) in [6.45, 7) is 5.20. The Morgan fingerprint density at radius 2 is 0.957 bits per heavy atom. The molecule has 0 aliphatic carbocycles. The van der Waals surface area contributed by atoms with Gasteiger partial charge in [-0.3, -0.25) is 4.79 Å². The summed E-state index contributed by atoms with van der Waals surface area (Å²) in [5, 5.41) is 9.58. The number of hydrogen-bond acceptors (Lipinski definition) is 4. The van der Waals surface area contributed by atoms with Crippen LogP contribution in [0.4, 0.5) is 0 Å². The SMILES string of the molecule is CC/C=C\C/C=C\C/C=C\C/C=C\C/C=C\CCCCCC(=O)OC(CO)COCCCCCCCCCCCCCCCCCC. The number of aliphatic hydroxyl groups excluding tert-OH is 1. The van der Waals surface area contributed by atoms with Crippen LogP contribution < -0.4 is 0 Å². The van der Waals surface area contributed by atoms with Gasteiger partial charge in [0.1, 0.15) is 6.10 Å². The number of rotatable bonds is 36. The standard InChI is InChI=1S/C43H76O4/c1-3-5-7-9-11-13-15-17-19-21-22-23-24-26-28-30-32-34-36-38-43(45)47-42(40-44)41-46-39-37-35-33-31-29-27-25-20-18-16-14-12-10-8-6-4-2/h5,7,11,13,17,19,22-23,26,28,42,44H,3-4,6,8-10,12,14-16,18,20-21,24-25,27,29-41H2,1-2H3/b7-5-,13-11-,19-17-,23-22-,28-26-. The fourth-order valence-corrected chi connectivity index (χ4v) is 5.41. The molecule has 0 heterocycles. The van der Waals surface area contributed by atoms with Crippen molar-refractivity contribution in [2.45, 2.75) is 187 Å². The van der Waals surface area contributed by atoms with E-state index in [1.807, 2.05) is 0 Å². The molecular formula is C43H76O4. The van der Waals surface area contributed by atoms with Crippen molar-refractivity contribution in [2.24, 2.45) is 0 Å². The molecule has 0 aliphatic heterocycles. The first kappa shape index (κ1) is 45.1. The highest BCUT2D eigenvalue weighted by molar-refractivity contribution is 5.69. The molecule has 47 heavy (non-hydrogen) atoms. The lowest BCUT2D eigenvalue weighted by Crippen LogP contribution is -2.27. The van der Waals surface area contributed by atoms with Crippen LogP contribution in [0, 0.1) is 0 Å². The van der Waals surface area contributed by atoms with Crippen LogP contribution in [0.25, 0.3) is 0 Å². The molecule has 4 heteroatoms. The third kappa shape index (κ3) is 38.4. The maximum atomic E-state index is 12.2. The van der Waals surface area contributed by atoms with Crippen LogP contribution in [0.15, 0.2) is 60.8 Å². The lowest BCUT2D eigenvalue weighted by atomic mass is 10.0. The van der Waals surface area contributed by atoms with Crippen molar-refractivity contribution in [1.82, 2.24) is 0 Å². The van der Waals surface area contributed by atoms with Crippen molar-refractivity contribution in [3.05, 3.63) is 60.8 Å². The largest absolute Gasteiger partial charge is 0.457 e. The summed E-state index contributed by atoms with van der Waals surface area (Å²) in [5.41, 5.74) is 0. The third-order valence-corrected chi connectivity index (χ3v) is 8.36. The van der Waals surface area contributed by atoms with E-state index in [4.69, 9.17) is 9.47 Å². The molecule has 0 aliphatic rings. The molecule has 0 aromatic rings. The van der Waals surface area contributed by atoms with Gasteiger partial charge >= 0.3 is 5.97 Å². The van der Waals surface area contributed by atoms with E-state index < -0.39 is 6.10 Å². The van der Waals surface area contributed by atoms with Crippen molar-refractivity contribution in [1.29, 1.82) is 0 Å². The second-order valence-corrected chi connectivity index (χ2v) is 13.0. The predicted octanol–water partition coefficient (Wildman–Crippen LogP) is 12.9. The van der Waals surface area contributed by atoms with Gasteiger partial charge in [-0.15, -0.1) is 0 Å². The zero-order valence-corrected chi connectivity index (χ0v) is 31.0. The molecule has 0 aromatic heterocycles. The molecule has 0 aromatic carbocycles. The summed E-state index contributed by atoms with van der Waals surface area (Å²) >= 11 is 0. The second kappa shape index (κ2) is 40.3. The molecule has 0 amide bonds. The number of hydrogen-bond donors (Lipinski definition) is 1. The average molecular weight is 657 g/mol. The number of aliphatic hydroxyl groups is 1. The summed E-state index contributed by atoms with van der Waals surface area (Å²) in [5.74, 6) is -0.232. The van der Waals surface area contributed by atoms with Gasteiger partial charge in [-0.25, -0.2) is 0 Å². The van der Waals surface area contributed by atoms with Crippen LogP contribution in [0.3, 0.4) is 0 Å². The highest BCUT2D eigenvalue weighted by Gasteiger charge is 2.13. The molecule has 1 atom stereocenters. The van der Waals surface area contributed by atoms with E-state index in [0.717, 1.165) is 64.2 Å². The molecule has 1 unspecified atom stereocenters. The van der Waals surface area contributed by atoms with Crippen LogP contribution in [-0.4, -0.2) is 37.0 Å². The monoisotopic (exact) mass is 657 g/mol. The topological polar surface area (TPSA) is 55.8 Å². The lowest BCUT2D eigenvalue weighted by molar-refractivity contribution is -0.154. The fourth-order valence-electron chi connectivity index (χ4n) is 5.41. The first-order chi connectivity index (χ1) is 23.2. The average Bonchev–Trinajstić information content (AvgIpc) is 3.08. The van der Waals surface area contributed by atoms with Gasteiger partial charge in [0.05, 0.1) is 13.2 Å². The van der Waals surface area contributed by atoms with E-state index in [2.05, 4.69) is 74.6 Å². The van der Waals surface area contributed by atoms with Gasteiger partial charge in [0.25, 0.3) is 0 Å². The third-order valence-electron chi connectivity index (χ3n) is 8.36. The van der Waals surface area contributed by atoms with Crippen molar-refractivity contribution in [2.75, 3.05) is 19.8 Å². The minimum atomic E-state index is -0.551. The van der Waals surface area contributed by atoms with Crippen molar-refractivity contribution in [3.8, 4) is 0 Å². The Morgan fingerprint density at radius 3 is 1.43 bits per heavy atom. The van der Waals surface area contributed by atoms with Crippen LogP contribution >= 0.6 is 0 Å². The maximum Gasteiger partial charge on any atom is 0.306 e. The van der Waals surface area contributed by atoms with E-state index in [0.29, 0.717) is 13.0 Å². The molecule has 0 spiro atoms. The van der Waals surface area contributed by atoms with Crippen molar-refractivity contribution in [3.63, 3.8) is 0 Å². The van der Waals surface area contributed by atoms with E-state index in [1.54, 1.807) is 0 Å². The Labute approximate surface area is 292 Å². The molecule has 0 fully saturated rings. The molecule has 0 saturated heterocycles. The Morgan fingerprint density at radius 1 is 0.532 bits per heavy atom. The Bertz CT molecular complexity index is 779. The first-order valence-corrected chi connectivity index (χ1v) is 19.9. The number of carbonyl (C=O) groups excluding carboxylic acids is 1. The predicted molar refractivity (Wildman–Crippen MR) is 205 cm³/mol. The van der Waals surface area contributed by atoms with Gasteiger partial charge in [0, 0.05) is 13.0 Å². The summed E-state index contributed by atoms with van der Waals surface area (Å²) in [7, 11) is 0. The minimum Gasteiger partial charge on any atom is -0.457 e. The normalized spacial score (nSPS) is 13.0. The fraction of sp³-hybridized carbons (Fsp3) is 0.744. The van der Waals surface area contributed by atoms with E-state index in [-0.39, 0.29) is 19.2 Å². The molecular weight excluding hydrogens is 580 g/mol. The number of unbranched alkanes of at least 4 members (excludes halogenated alkanes) is 18. The first-order valence-electron chi connectivity index (χ1n) is 19.9. The van der Waals surface area contributed by atoms with Crippen LogP contribution in [0.1, 0.15) is 181 Å². The Kier molecular flexibility index (Phi) is 38.6. The number of carbonyl (C=O) groups is 1. The smallest absolute Gasteiger partial charge is 0.306 e. The molecule has 4 nitrogen and oxygen atoms in total. The molecule has 0 rings (SSSR count). The van der Waals surface area contributed by atoms with Gasteiger partial charge < -0.3 is 14.6 Å². The van der Waals surface area contributed by atoms with Crippen molar-refractivity contribution >= 4 is 5.97 Å². The van der Waals surface area contributed by atoms with E-state index in [9.17, 15) is 9.90 Å². The van der Waals surface area contributed by atoms with Gasteiger partial charge in [0.15, 0.2) is 0 Å². The molecule has 0 bridgehead atoms. The Balaban J connectivity index is 3.52. The molecule has 0 saturated carbocycles. The van der Waals surface area contributed by atoms with Crippen LogP contribution in [-0.2, 0) is 14.3 Å². The number of allylic oxidation sites excluding steroid dienone is 10. The van der Waals surface area contributed by atoms with E-state index >= 15 is 0 Å². The highest BCUT2D eigenvalue weighted by atomic mass is 16.6. The van der Waals surface area contributed by atoms with Gasteiger partial charge in [-0.05, 0) is 57.8 Å². The zero-order chi connectivity index (χ0) is 34.1. The van der Waals surface area contributed by atoms with Crippen molar-refractivity contribution < 1.29 is 19.4 Å². The second-order valence-electron chi connectivity index (χ2n) is 13.0. The quantitative estimate of drug-likeness (QED) is 0.0414. The maximum absolute atomic E-state index is 12.2. The summed E-state index contributed by atoms with van der Waals surface area (Å²) in [6, 6.07) is 0. The molecule has 272 valence electrons. The van der Waals surface area contributed by atoms with Gasteiger partial charge in [0.2, 0.25) is 0 Å². The van der Waals surface area contributed by atoms with E-state index in [1.165, 1.54) is 96.3 Å².